The second-order valence-electron chi connectivity index (χ2n) is 3.48. The molecule has 0 aliphatic rings. The highest BCUT2D eigenvalue weighted by Gasteiger charge is 2.31. The Kier molecular flexibility index (Phi) is 3.45. The summed E-state index contributed by atoms with van der Waals surface area (Å²) >= 11 is 3.15. The number of nitrogens with zero attached hydrogens (tertiary/aromatic N) is 1. The van der Waals surface area contributed by atoms with E-state index in [-0.39, 0.29) is 17.0 Å². The van der Waals surface area contributed by atoms with Gasteiger partial charge in [0.05, 0.1) is 12.2 Å². The van der Waals surface area contributed by atoms with Crippen molar-refractivity contribution >= 4 is 15.9 Å². The molecule has 3 nitrogen and oxygen atoms in total. The van der Waals surface area contributed by atoms with Crippen LogP contribution in [0.15, 0.2) is 33.5 Å². The third-order valence-electron chi connectivity index (χ3n) is 2.33. The molecule has 0 unspecified atom stereocenters. The minimum Gasteiger partial charge on any atom is -0.443 e. The Bertz CT molecular complexity index is 566. The van der Waals surface area contributed by atoms with Crippen LogP contribution in [0, 0.1) is 0 Å². The van der Waals surface area contributed by atoms with E-state index in [4.69, 9.17) is 9.52 Å². The van der Waals surface area contributed by atoms with Crippen LogP contribution in [-0.4, -0.2) is 10.1 Å². The summed E-state index contributed by atoms with van der Waals surface area (Å²) in [5.41, 5.74) is -0.401. The molecule has 0 aliphatic heterocycles. The topological polar surface area (TPSA) is 46.3 Å². The molecule has 2 rings (SSSR count). The molecule has 0 saturated carbocycles. The average Bonchev–Trinajstić information content (AvgIpc) is 2.76. The largest absolute Gasteiger partial charge is 0.443 e. The Hall–Kier alpha value is -1.34. The van der Waals surface area contributed by atoms with E-state index in [1.54, 1.807) is 0 Å². The smallest absolute Gasteiger partial charge is 0.416 e. The lowest BCUT2D eigenvalue weighted by Crippen LogP contribution is -2.05. The van der Waals surface area contributed by atoms with Crippen LogP contribution in [0.5, 0.6) is 0 Å². The summed E-state index contributed by atoms with van der Waals surface area (Å²) in [5.74, 6) is 0.121. The quantitative estimate of drug-likeness (QED) is 0.919. The molecule has 2 aromatic rings. The van der Waals surface area contributed by atoms with E-state index >= 15 is 0 Å². The molecular formula is C11H7BrF3NO2. The summed E-state index contributed by atoms with van der Waals surface area (Å²) in [7, 11) is 0. The van der Waals surface area contributed by atoms with Gasteiger partial charge in [0.1, 0.15) is 5.69 Å². The van der Waals surface area contributed by atoms with Gasteiger partial charge in [-0.2, -0.15) is 13.2 Å². The van der Waals surface area contributed by atoms with Gasteiger partial charge in [-0.05, 0) is 18.2 Å². The van der Waals surface area contributed by atoms with Crippen LogP contribution < -0.4 is 0 Å². The van der Waals surface area contributed by atoms with Crippen molar-refractivity contribution in [2.24, 2.45) is 0 Å². The van der Waals surface area contributed by atoms with Crippen molar-refractivity contribution in [3.05, 3.63) is 40.3 Å². The van der Waals surface area contributed by atoms with Crippen LogP contribution in [0.2, 0.25) is 0 Å². The third kappa shape index (κ3) is 2.41. The number of oxazole rings is 1. The van der Waals surface area contributed by atoms with Crippen LogP contribution >= 0.6 is 15.9 Å². The fraction of sp³-hybridized carbons (Fsp3) is 0.182. The number of rotatable bonds is 2. The highest BCUT2D eigenvalue weighted by molar-refractivity contribution is 9.10. The summed E-state index contributed by atoms with van der Waals surface area (Å²) in [4.78, 5) is 3.73. The molecular weight excluding hydrogens is 315 g/mol. The normalized spacial score (nSPS) is 11.8. The van der Waals surface area contributed by atoms with Gasteiger partial charge >= 0.3 is 6.18 Å². The van der Waals surface area contributed by atoms with Crippen LogP contribution in [0.3, 0.4) is 0 Å². The fourth-order valence-electron chi connectivity index (χ4n) is 1.48. The Morgan fingerprint density at radius 2 is 2.06 bits per heavy atom. The van der Waals surface area contributed by atoms with E-state index in [9.17, 15) is 13.2 Å². The molecule has 0 bridgehead atoms. The highest BCUT2D eigenvalue weighted by Crippen LogP contribution is 2.36. The summed E-state index contributed by atoms with van der Waals surface area (Å²) in [5, 5.41) is 9.03. The molecule has 1 heterocycles. The van der Waals surface area contributed by atoms with Crippen LogP contribution in [-0.2, 0) is 12.8 Å². The van der Waals surface area contributed by atoms with E-state index in [1.807, 2.05) is 0 Å². The summed E-state index contributed by atoms with van der Waals surface area (Å²) < 4.78 is 43.3. The van der Waals surface area contributed by atoms with Crippen molar-refractivity contribution in [1.82, 2.24) is 4.98 Å². The van der Waals surface area contributed by atoms with Crippen LogP contribution in [0.25, 0.3) is 11.3 Å². The number of aliphatic hydroxyl groups is 1. The Labute approximate surface area is 108 Å². The van der Waals surface area contributed by atoms with E-state index in [1.165, 1.54) is 6.07 Å². The van der Waals surface area contributed by atoms with Crippen molar-refractivity contribution in [2.75, 3.05) is 0 Å². The molecule has 0 aliphatic carbocycles. The number of aliphatic hydroxyl groups excluding tert-OH is 1. The zero-order chi connectivity index (χ0) is 13.3. The van der Waals surface area contributed by atoms with Gasteiger partial charge < -0.3 is 9.52 Å². The maximum Gasteiger partial charge on any atom is 0.416 e. The number of hydrogen-bond donors (Lipinski definition) is 1. The van der Waals surface area contributed by atoms with E-state index in [0.29, 0.717) is 4.47 Å². The van der Waals surface area contributed by atoms with Crippen molar-refractivity contribution in [1.29, 1.82) is 0 Å². The van der Waals surface area contributed by atoms with E-state index < -0.39 is 18.3 Å². The average molecular weight is 322 g/mol. The summed E-state index contributed by atoms with van der Waals surface area (Å²) in [6.45, 7) is -0.408. The lowest BCUT2D eigenvalue weighted by molar-refractivity contribution is -0.137. The van der Waals surface area contributed by atoms with Crippen LogP contribution in [0.4, 0.5) is 13.2 Å². The first kappa shape index (κ1) is 13.1. The Morgan fingerprint density at radius 1 is 1.33 bits per heavy atom. The zero-order valence-corrected chi connectivity index (χ0v) is 10.4. The predicted octanol–water partition coefficient (Wildman–Crippen LogP) is 3.62. The molecule has 96 valence electrons. The lowest BCUT2D eigenvalue weighted by atomic mass is 10.1. The summed E-state index contributed by atoms with van der Waals surface area (Å²) in [6, 6.07) is 3.19. The monoisotopic (exact) mass is 321 g/mol. The summed E-state index contributed by atoms with van der Waals surface area (Å²) in [6.07, 6.45) is -3.36. The highest BCUT2D eigenvalue weighted by atomic mass is 79.9. The van der Waals surface area contributed by atoms with Gasteiger partial charge in [0.15, 0.2) is 12.2 Å². The lowest BCUT2D eigenvalue weighted by Gasteiger charge is -2.09. The third-order valence-corrected chi connectivity index (χ3v) is 3.02. The maximum absolute atomic E-state index is 12.6. The van der Waals surface area contributed by atoms with Crippen molar-refractivity contribution in [3.63, 3.8) is 0 Å². The molecule has 0 atom stereocenters. The molecule has 0 saturated heterocycles. The number of hydrogen-bond acceptors (Lipinski definition) is 3. The molecule has 1 aromatic heterocycles. The number of aromatic nitrogens is 1. The van der Waals surface area contributed by atoms with E-state index in [0.717, 1.165) is 18.5 Å². The van der Waals surface area contributed by atoms with Gasteiger partial charge in [0, 0.05) is 10.0 Å². The van der Waals surface area contributed by atoms with E-state index in [2.05, 4.69) is 20.9 Å². The van der Waals surface area contributed by atoms with Gasteiger partial charge in [0.25, 0.3) is 0 Å². The molecule has 0 radical (unpaired) electrons. The van der Waals surface area contributed by atoms with Crippen LogP contribution in [0.1, 0.15) is 11.3 Å². The zero-order valence-electron chi connectivity index (χ0n) is 8.83. The SMILES string of the molecule is OCc1ncoc1-c1cc(C(F)(F)F)ccc1Br. The molecule has 1 aromatic carbocycles. The maximum atomic E-state index is 12.6. The first-order valence-electron chi connectivity index (χ1n) is 4.84. The fourth-order valence-corrected chi connectivity index (χ4v) is 1.90. The Morgan fingerprint density at radius 3 is 2.67 bits per heavy atom. The Balaban J connectivity index is 2.57. The second-order valence-corrected chi connectivity index (χ2v) is 4.33. The van der Waals surface area contributed by atoms with Gasteiger partial charge in [-0.1, -0.05) is 15.9 Å². The van der Waals surface area contributed by atoms with Crippen molar-refractivity contribution in [3.8, 4) is 11.3 Å². The molecule has 7 heteroatoms. The first-order valence-corrected chi connectivity index (χ1v) is 5.63. The number of alkyl halides is 3. The molecule has 0 fully saturated rings. The second kappa shape index (κ2) is 4.74. The minimum absolute atomic E-state index is 0.121. The first-order chi connectivity index (χ1) is 8.43. The predicted molar refractivity (Wildman–Crippen MR) is 60.6 cm³/mol. The van der Waals surface area contributed by atoms with Crippen molar-refractivity contribution in [2.45, 2.75) is 12.8 Å². The molecule has 0 amide bonds. The number of benzene rings is 1. The number of halogens is 4. The van der Waals surface area contributed by atoms with Gasteiger partial charge in [-0.3, -0.25) is 0 Å². The van der Waals surface area contributed by atoms with Crippen molar-refractivity contribution < 1.29 is 22.7 Å². The van der Waals surface area contributed by atoms with Gasteiger partial charge in [0.2, 0.25) is 0 Å². The van der Waals surface area contributed by atoms with Gasteiger partial charge in [-0.25, -0.2) is 4.98 Å². The standard InChI is InChI=1S/C11H7BrF3NO2/c12-8-2-1-6(11(13,14)15)3-7(8)10-9(4-17)16-5-18-10/h1-3,5,17H,4H2. The molecule has 1 N–H and O–H groups in total. The molecule has 18 heavy (non-hydrogen) atoms. The molecule has 0 spiro atoms. The minimum atomic E-state index is -4.44. The van der Waals surface area contributed by atoms with Gasteiger partial charge in [-0.15, -0.1) is 0 Å².